The van der Waals surface area contributed by atoms with Gasteiger partial charge < -0.3 is 0 Å². The first-order valence-electron chi connectivity index (χ1n) is 13.2. The van der Waals surface area contributed by atoms with Crippen LogP contribution in [0.25, 0.3) is 16.7 Å². The lowest BCUT2D eigenvalue weighted by atomic mass is 9.97. The number of rotatable bonds is 3. The van der Waals surface area contributed by atoms with E-state index in [1.165, 1.54) is 0 Å². The third-order valence-electron chi connectivity index (χ3n) is 7.24. The summed E-state index contributed by atoms with van der Waals surface area (Å²) in [5.41, 5.74) is -28.7. The van der Waals surface area contributed by atoms with Gasteiger partial charge in [0.25, 0.3) is 0 Å². The average molecular weight is 797 g/mol. The zero-order chi connectivity index (χ0) is 41.4. The zero-order valence-corrected chi connectivity index (χ0v) is 24.6. The largest absolute Gasteiger partial charge is 0.422 e. The van der Waals surface area contributed by atoms with Crippen LogP contribution in [0.5, 0.6) is 0 Å². The van der Waals surface area contributed by atoms with E-state index in [1.54, 1.807) is 0 Å². The molecule has 0 heterocycles. The van der Waals surface area contributed by atoms with Crippen LogP contribution in [0.2, 0.25) is 0 Å². The Bertz CT molecular complexity index is 2170. The monoisotopic (exact) mass is 797 g/mol. The molecule has 282 valence electrons. The van der Waals surface area contributed by atoms with Crippen molar-refractivity contribution in [3.63, 3.8) is 0 Å². The highest BCUT2D eigenvalue weighted by Gasteiger charge is 2.49. The van der Waals surface area contributed by atoms with Crippen molar-refractivity contribution in [3.8, 4) is 18.2 Å². The minimum Gasteiger partial charge on any atom is -0.203 e. The van der Waals surface area contributed by atoms with E-state index in [9.17, 15) is 86.0 Å². The van der Waals surface area contributed by atoms with Crippen LogP contribution in [0.3, 0.4) is 0 Å². The van der Waals surface area contributed by atoms with E-state index in [0.29, 0.717) is 12.1 Å². The first kappa shape index (κ1) is 40.7. The summed E-state index contributed by atoms with van der Waals surface area (Å²) in [4.78, 5) is 0. The lowest BCUT2D eigenvalue weighted by molar-refractivity contribution is -0.144. The van der Waals surface area contributed by atoms with Crippen LogP contribution in [0.15, 0.2) is 34.9 Å². The number of benzene rings is 3. The number of nitriles is 3. The highest BCUT2D eigenvalue weighted by Crippen LogP contribution is 2.58. The van der Waals surface area contributed by atoms with Crippen LogP contribution in [0, 0.1) is 80.5 Å². The molecule has 1 aliphatic carbocycles. The first-order chi connectivity index (χ1) is 24.6. The summed E-state index contributed by atoms with van der Waals surface area (Å²) in [5, 5.41) is 29.3. The Labute approximate surface area is 284 Å². The molecular formula is C31H3F20N3. The molecule has 0 bridgehead atoms. The predicted molar refractivity (Wildman–Crippen MR) is 137 cm³/mol. The summed E-state index contributed by atoms with van der Waals surface area (Å²) >= 11 is 0. The van der Waals surface area contributed by atoms with Gasteiger partial charge in [-0.25, -0.2) is 35.1 Å². The van der Waals surface area contributed by atoms with Gasteiger partial charge in [0.1, 0.15) is 29.3 Å². The molecule has 4 rings (SSSR count). The minimum atomic E-state index is -6.22. The molecule has 0 N–H and O–H groups in total. The number of nitrogens with zero attached hydrogens (tertiary/aromatic N) is 3. The fraction of sp³-hybridized carbons (Fsp3) is 0.129. The summed E-state index contributed by atoms with van der Waals surface area (Å²) in [6.45, 7) is 0. The second-order valence-electron chi connectivity index (χ2n) is 10.4. The molecule has 0 aliphatic heterocycles. The van der Waals surface area contributed by atoms with Crippen LogP contribution in [-0.4, -0.2) is 0 Å². The Morgan fingerprint density at radius 2 is 0.630 bits per heavy atom. The maximum atomic E-state index is 15.1. The van der Waals surface area contributed by atoms with Crippen LogP contribution < -0.4 is 0 Å². The molecule has 1 fully saturated rings. The Balaban J connectivity index is 2.35. The van der Waals surface area contributed by atoms with Crippen molar-refractivity contribution < 1.29 is 87.8 Å². The van der Waals surface area contributed by atoms with Crippen molar-refractivity contribution in [1.82, 2.24) is 0 Å². The molecule has 3 aromatic carbocycles. The van der Waals surface area contributed by atoms with Gasteiger partial charge in [0, 0.05) is 16.7 Å². The van der Waals surface area contributed by atoms with Gasteiger partial charge in [-0.3, -0.25) is 0 Å². The minimum absolute atomic E-state index is 0.274. The van der Waals surface area contributed by atoms with E-state index in [0.717, 1.165) is 6.07 Å². The van der Waals surface area contributed by atoms with E-state index < -0.39 is 150 Å². The normalized spacial score (nSPS) is 16.4. The van der Waals surface area contributed by atoms with Gasteiger partial charge in [0.05, 0.1) is 39.0 Å². The molecule has 3 aromatic rings. The lowest BCUT2D eigenvalue weighted by Crippen LogP contribution is -2.17. The molecule has 54 heavy (non-hydrogen) atoms. The predicted octanol–water partition coefficient (Wildman–Crippen LogP) is 11.1. The summed E-state index contributed by atoms with van der Waals surface area (Å²) in [7, 11) is 0. The van der Waals surface area contributed by atoms with Gasteiger partial charge in [-0.2, -0.15) is 68.5 Å². The summed E-state index contributed by atoms with van der Waals surface area (Å²) in [5.74, 6) is -25.7. The van der Waals surface area contributed by atoms with Crippen LogP contribution in [0.4, 0.5) is 87.8 Å². The quantitative estimate of drug-likeness (QED) is 0.151. The molecule has 0 atom stereocenters. The molecule has 0 aromatic heterocycles. The summed E-state index contributed by atoms with van der Waals surface area (Å²) in [6.07, 6.45) is -23.9. The molecule has 0 amide bonds. The number of halogens is 20. The van der Waals surface area contributed by atoms with Gasteiger partial charge in [-0.1, -0.05) is 0 Å². The van der Waals surface area contributed by atoms with E-state index in [4.69, 9.17) is 0 Å². The van der Waals surface area contributed by atoms with Crippen molar-refractivity contribution in [2.45, 2.75) is 24.7 Å². The van der Waals surface area contributed by atoms with Gasteiger partial charge in [0.15, 0.2) is 46.5 Å². The van der Waals surface area contributed by atoms with Crippen molar-refractivity contribution in [2.24, 2.45) is 0 Å². The Morgan fingerprint density at radius 1 is 0.370 bits per heavy atom. The molecular weight excluding hydrogens is 794 g/mol. The number of alkyl halides is 12. The van der Waals surface area contributed by atoms with E-state index in [2.05, 4.69) is 0 Å². The Hall–Kier alpha value is -6.05. The van der Waals surface area contributed by atoms with Crippen molar-refractivity contribution in [2.75, 3.05) is 0 Å². The molecule has 0 unspecified atom stereocenters. The number of allylic oxidation sites excluding steroid dienone is 6. The zero-order valence-electron chi connectivity index (χ0n) is 24.6. The average Bonchev–Trinajstić information content (AvgIpc) is 3.75. The third-order valence-corrected chi connectivity index (χ3v) is 7.24. The van der Waals surface area contributed by atoms with Crippen LogP contribution >= 0.6 is 0 Å². The fourth-order valence-corrected chi connectivity index (χ4v) is 4.98. The maximum Gasteiger partial charge on any atom is 0.422 e. The first-order valence-corrected chi connectivity index (χ1v) is 13.2. The molecule has 1 aliphatic rings. The second-order valence-corrected chi connectivity index (χ2v) is 10.4. The van der Waals surface area contributed by atoms with Gasteiger partial charge in [-0.15, -0.1) is 0 Å². The van der Waals surface area contributed by atoms with E-state index >= 15 is 17.6 Å². The van der Waals surface area contributed by atoms with E-state index in [-0.39, 0.29) is 12.1 Å². The lowest BCUT2D eigenvalue weighted by Gasteiger charge is -2.14. The third kappa shape index (κ3) is 6.67. The summed E-state index contributed by atoms with van der Waals surface area (Å²) in [6, 6.07) is 1.22. The molecule has 0 saturated heterocycles. The highest BCUT2D eigenvalue weighted by atomic mass is 19.4. The summed E-state index contributed by atoms with van der Waals surface area (Å²) < 4.78 is 279. The molecule has 1 saturated carbocycles. The van der Waals surface area contributed by atoms with Gasteiger partial charge >= 0.3 is 24.7 Å². The number of hydrogen-bond acceptors (Lipinski definition) is 3. The molecule has 23 heteroatoms. The topological polar surface area (TPSA) is 71.4 Å². The van der Waals surface area contributed by atoms with Crippen molar-refractivity contribution >= 4 is 16.7 Å². The van der Waals surface area contributed by atoms with Crippen LogP contribution in [0.1, 0.15) is 38.9 Å². The Morgan fingerprint density at radius 3 is 0.852 bits per heavy atom. The van der Waals surface area contributed by atoms with E-state index in [1.807, 2.05) is 0 Å². The number of hydrogen-bond donors (Lipinski definition) is 0. The molecule has 0 spiro atoms. The highest BCUT2D eigenvalue weighted by molar-refractivity contribution is 6.12. The SMILES string of the molecule is N#CC(=C1C(=C(\C#N)c2cc(C(F)(F)F)cc(C(F)(F)F)c2)/C1=C(\C#N)c1c(F)c(F)c(C(F)(F)F)c(F)c1F)c1c(F)c(F)c(C(F)(F)F)c(F)c1F. The van der Waals surface area contributed by atoms with Crippen molar-refractivity contribution in [1.29, 1.82) is 15.8 Å². The smallest absolute Gasteiger partial charge is 0.203 e. The molecule has 3 nitrogen and oxygen atoms in total. The van der Waals surface area contributed by atoms with Gasteiger partial charge in [0.2, 0.25) is 0 Å². The molecule has 0 radical (unpaired) electrons. The van der Waals surface area contributed by atoms with Crippen LogP contribution in [-0.2, 0) is 24.7 Å². The fourth-order valence-electron chi connectivity index (χ4n) is 4.98. The second kappa shape index (κ2) is 13.1. The van der Waals surface area contributed by atoms with Crippen molar-refractivity contribution in [3.05, 3.63) is 120 Å². The van der Waals surface area contributed by atoms with Gasteiger partial charge in [-0.05, 0) is 23.8 Å². The maximum absolute atomic E-state index is 15.1. The standard InChI is InChI=1S/C31H3F20N3/c32-20-16(21(33)25(37)18(24(20)36)30(46,47)48)11(5-53)14-13(10(4-52)7-1-8(28(40,41)42)3-9(2-7)29(43,44)45)15(14)12(6-54)17-22(34)26(38)19(31(49,50)51)27(39)23(17)35/h1-3H/b13-10-,14-11?,15-12-. The Kier molecular flexibility index (Phi) is 9.89.